The Morgan fingerprint density at radius 1 is 1.35 bits per heavy atom. The van der Waals surface area contributed by atoms with Gasteiger partial charge in [-0.25, -0.2) is 8.42 Å². The third kappa shape index (κ3) is 4.31. The highest BCUT2D eigenvalue weighted by Crippen LogP contribution is 2.16. The van der Waals surface area contributed by atoms with Crippen LogP contribution in [-0.2, 0) is 16.3 Å². The molecule has 1 N–H and O–H groups in total. The Hall–Kier alpha value is -0.880. The first kappa shape index (κ1) is 17.2. The van der Waals surface area contributed by atoms with Crippen molar-refractivity contribution in [2.75, 3.05) is 13.3 Å². The molecule has 0 aliphatic carbocycles. The zero-order chi connectivity index (χ0) is 15.3. The van der Waals surface area contributed by atoms with Crippen LogP contribution in [0.15, 0.2) is 12.3 Å². The number of nitrogens with zero attached hydrogens (tertiary/aromatic N) is 2. The van der Waals surface area contributed by atoms with Gasteiger partial charge in [0.15, 0.2) is 9.84 Å². The SMILES string of the molecule is CCC(CC)n1ccc(CC(NC)C(C)S(C)(=O)=O)n1. The molecule has 0 bridgehead atoms. The Morgan fingerprint density at radius 2 is 1.95 bits per heavy atom. The minimum atomic E-state index is -3.05. The fourth-order valence-electron chi connectivity index (χ4n) is 2.38. The van der Waals surface area contributed by atoms with Crippen LogP contribution in [0.25, 0.3) is 0 Å². The van der Waals surface area contributed by atoms with Gasteiger partial charge in [-0.05, 0) is 32.9 Å². The molecule has 1 heterocycles. The van der Waals surface area contributed by atoms with Gasteiger partial charge in [0.25, 0.3) is 0 Å². The van der Waals surface area contributed by atoms with E-state index in [0.717, 1.165) is 18.5 Å². The van der Waals surface area contributed by atoms with Gasteiger partial charge in [0.2, 0.25) is 0 Å². The maximum atomic E-state index is 11.7. The van der Waals surface area contributed by atoms with Crippen molar-refractivity contribution in [1.29, 1.82) is 0 Å². The molecule has 0 saturated carbocycles. The molecule has 0 aromatic carbocycles. The fraction of sp³-hybridized carbons (Fsp3) is 0.786. The summed E-state index contributed by atoms with van der Waals surface area (Å²) in [5.74, 6) is 0. The van der Waals surface area contributed by atoms with Crippen molar-refractivity contribution < 1.29 is 8.42 Å². The molecular weight excluding hydrogens is 274 g/mol. The van der Waals surface area contributed by atoms with Crippen LogP contribution in [0.2, 0.25) is 0 Å². The van der Waals surface area contributed by atoms with Crippen molar-refractivity contribution in [2.45, 2.75) is 57.4 Å². The molecule has 0 radical (unpaired) electrons. The van der Waals surface area contributed by atoms with Crippen LogP contribution in [0.1, 0.15) is 45.3 Å². The summed E-state index contributed by atoms with van der Waals surface area (Å²) in [6.07, 6.45) is 5.99. The van der Waals surface area contributed by atoms with Crippen molar-refractivity contribution >= 4 is 9.84 Å². The maximum Gasteiger partial charge on any atom is 0.151 e. The first-order valence-electron chi connectivity index (χ1n) is 7.23. The quantitative estimate of drug-likeness (QED) is 0.795. The molecule has 1 rings (SSSR count). The van der Waals surface area contributed by atoms with Gasteiger partial charge in [-0.3, -0.25) is 4.68 Å². The summed E-state index contributed by atoms with van der Waals surface area (Å²) in [5, 5.41) is 7.26. The van der Waals surface area contributed by atoms with Crippen LogP contribution in [-0.4, -0.2) is 42.8 Å². The molecule has 0 saturated heterocycles. The van der Waals surface area contributed by atoms with Gasteiger partial charge < -0.3 is 5.32 Å². The van der Waals surface area contributed by atoms with Gasteiger partial charge in [0.1, 0.15) is 0 Å². The van der Waals surface area contributed by atoms with Gasteiger partial charge in [-0.15, -0.1) is 0 Å². The van der Waals surface area contributed by atoms with Crippen molar-refractivity contribution in [3.8, 4) is 0 Å². The average Bonchev–Trinajstić information content (AvgIpc) is 2.84. The lowest BCUT2D eigenvalue weighted by molar-refractivity contribution is 0.422. The van der Waals surface area contributed by atoms with E-state index in [1.165, 1.54) is 6.26 Å². The second-order valence-corrected chi connectivity index (χ2v) is 7.79. The summed E-state index contributed by atoms with van der Waals surface area (Å²) in [7, 11) is -1.25. The maximum absolute atomic E-state index is 11.7. The van der Waals surface area contributed by atoms with Crippen molar-refractivity contribution in [2.24, 2.45) is 0 Å². The van der Waals surface area contributed by atoms with Crippen LogP contribution in [0, 0.1) is 0 Å². The molecule has 0 aliphatic heterocycles. The molecule has 1 aromatic heterocycles. The molecule has 2 unspecified atom stereocenters. The highest BCUT2D eigenvalue weighted by molar-refractivity contribution is 7.91. The van der Waals surface area contributed by atoms with Gasteiger partial charge in [-0.1, -0.05) is 13.8 Å². The predicted octanol–water partition coefficient (Wildman–Crippen LogP) is 1.81. The molecule has 6 heteroatoms. The monoisotopic (exact) mass is 301 g/mol. The van der Waals surface area contributed by atoms with E-state index in [4.69, 9.17) is 0 Å². The molecular formula is C14H27N3O2S. The lowest BCUT2D eigenvalue weighted by atomic mass is 10.1. The third-order valence-electron chi connectivity index (χ3n) is 4.02. The highest BCUT2D eigenvalue weighted by Gasteiger charge is 2.25. The molecule has 20 heavy (non-hydrogen) atoms. The second kappa shape index (κ2) is 7.22. The average molecular weight is 301 g/mol. The Bertz CT molecular complexity index is 506. The Balaban J connectivity index is 2.81. The number of rotatable bonds is 8. The first-order valence-corrected chi connectivity index (χ1v) is 9.19. The van der Waals surface area contributed by atoms with Crippen LogP contribution in [0.3, 0.4) is 0 Å². The van der Waals surface area contributed by atoms with Crippen molar-refractivity contribution in [3.05, 3.63) is 18.0 Å². The molecule has 0 spiro atoms. The number of hydrogen-bond acceptors (Lipinski definition) is 4. The largest absolute Gasteiger partial charge is 0.315 e. The number of sulfone groups is 1. The van der Waals surface area contributed by atoms with E-state index < -0.39 is 15.1 Å². The molecule has 0 fully saturated rings. The smallest absolute Gasteiger partial charge is 0.151 e. The summed E-state index contributed by atoms with van der Waals surface area (Å²) in [6, 6.07) is 2.29. The fourth-order valence-corrected chi connectivity index (χ4v) is 3.21. The van der Waals surface area contributed by atoms with Gasteiger partial charge in [0, 0.05) is 24.9 Å². The molecule has 2 atom stereocenters. The van der Waals surface area contributed by atoms with Gasteiger partial charge in [0.05, 0.1) is 17.0 Å². The number of likely N-dealkylation sites (N-methyl/N-ethyl adjacent to an activating group) is 1. The minimum Gasteiger partial charge on any atom is -0.315 e. The van der Waals surface area contributed by atoms with Gasteiger partial charge >= 0.3 is 0 Å². The van der Waals surface area contributed by atoms with Crippen molar-refractivity contribution in [3.63, 3.8) is 0 Å². The molecule has 0 aliphatic rings. The molecule has 1 aromatic rings. The first-order chi connectivity index (χ1) is 9.33. The van der Waals surface area contributed by atoms with E-state index in [-0.39, 0.29) is 6.04 Å². The Kier molecular flexibility index (Phi) is 6.20. The van der Waals surface area contributed by atoms with E-state index in [2.05, 4.69) is 24.3 Å². The zero-order valence-corrected chi connectivity index (χ0v) is 13.9. The van der Waals surface area contributed by atoms with Gasteiger partial charge in [-0.2, -0.15) is 5.10 Å². The highest BCUT2D eigenvalue weighted by atomic mass is 32.2. The van der Waals surface area contributed by atoms with Crippen LogP contribution in [0.4, 0.5) is 0 Å². The molecule has 0 amide bonds. The van der Waals surface area contributed by atoms with Crippen LogP contribution >= 0.6 is 0 Å². The second-order valence-electron chi connectivity index (χ2n) is 5.39. The third-order valence-corrected chi connectivity index (χ3v) is 5.70. The lowest BCUT2D eigenvalue weighted by Crippen LogP contribution is -2.42. The predicted molar refractivity (Wildman–Crippen MR) is 82.7 cm³/mol. The lowest BCUT2D eigenvalue weighted by Gasteiger charge is -2.21. The summed E-state index contributed by atoms with van der Waals surface area (Å²) in [6.45, 7) is 6.05. The normalized spacial score (nSPS) is 15.5. The summed E-state index contributed by atoms with van der Waals surface area (Å²) >= 11 is 0. The number of aromatic nitrogens is 2. The van der Waals surface area contributed by atoms with Crippen molar-refractivity contribution in [1.82, 2.24) is 15.1 Å². The van der Waals surface area contributed by atoms with E-state index in [0.29, 0.717) is 12.5 Å². The van der Waals surface area contributed by atoms with E-state index in [1.54, 1.807) is 14.0 Å². The summed E-state index contributed by atoms with van der Waals surface area (Å²) in [4.78, 5) is 0. The minimum absolute atomic E-state index is 0.116. The van der Waals surface area contributed by atoms with Crippen LogP contribution < -0.4 is 5.32 Å². The number of hydrogen-bond donors (Lipinski definition) is 1. The Morgan fingerprint density at radius 3 is 2.40 bits per heavy atom. The topological polar surface area (TPSA) is 64.0 Å². The molecule has 5 nitrogen and oxygen atoms in total. The standard InChI is InChI=1S/C14H27N3O2S/c1-6-13(7-2)17-9-8-12(16-17)10-14(15-4)11(3)20(5,18)19/h8-9,11,13-15H,6-7,10H2,1-5H3. The number of nitrogens with one attached hydrogen (secondary N) is 1. The van der Waals surface area contributed by atoms with E-state index >= 15 is 0 Å². The summed E-state index contributed by atoms with van der Waals surface area (Å²) < 4.78 is 25.3. The summed E-state index contributed by atoms with van der Waals surface area (Å²) in [5.41, 5.74) is 0.937. The molecule has 116 valence electrons. The Labute approximate surface area is 122 Å². The van der Waals surface area contributed by atoms with E-state index in [9.17, 15) is 8.42 Å². The van der Waals surface area contributed by atoms with E-state index in [1.807, 2.05) is 16.9 Å². The zero-order valence-electron chi connectivity index (χ0n) is 13.1. The van der Waals surface area contributed by atoms with Crippen LogP contribution in [0.5, 0.6) is 0 Å².